The van der Waals surface area contributed by atoms with Crippen molar-refractivity contribution in [1.82, 2.24) is 9.97 Å². The fourth-order valence-electron chi connectivity index (χ4n) is 7.39. The van der Waals surface area contributed by atoms with E-state index >= 15 is 0 Å². The number of nitriles is 1. The van der Waals surface area contributed by atoms with Crippen molar-refractivity contribution in [2.75, 3.05) is 0 Å². The Hall–Kier alpha value is -2.21. The van der Waals surface area contributed by atoms with Gasteiger partial charge in [-0.05, 0) is 86.7 Å². The van der Waals surface area contributed by atoms with Crippen molar-refractivity contribution in [3.8, 4) is 17.5 Å². The van der Waals surface area contributed by atoms with Crippen LogP contribution in [-0.2, 0) is 0 Å². The van der Waals surface area contributed by atoms with Crippen LogP contribution in [-0.4, -0.2) is 9.97 Å². The largest absolute Gasteiger partial charge is 0.236 e. The first-order chi connectivity index (χ1) is 19.7. The molecule has 2 fully saturated rings. The molecule has 0 unspecified atom stereocenters. The molecule has 2 aliphatic rings. The molecule has 3 heteroatoms. The quantitative estimate of drug-likeness (QED) is 0.211. The van der Waals surface area contributed by atoms with Crippen LogP contribution in [0.2, 0.25) is 0 Å². The van der Waals surface area contributed by atoms with Crippen LogP contribution in [0, 0.1) is 22.7 Å². The molecule has 218 valence electrons. The zero-order valence-electron chi connectivity index (χ0n) is 25.7. The van der Waals surface area contributed by atoms with Gasteiger partial charge in [0.05, 0.1) is 11.5 Å². The van der Waals surface area contributed by atoms with Gasteiger partial charge in [0.2, 0.25) is 0 Å². The summed E-state index contributed by atoms with van der Waals surface area (Å²) >= 11 is 0. The second-order valence-corrected chi connectivity index (χ2v) is 13.2. The normalized spacial score (nSPS) is 25.0. The van der Waals surface area contributed by atoms with Crippen LogP contribution in [0.1, 0.15) is 165 Å². The first-order valence-corrected chi connectivity index (χ1v) is 17.0. The number of unbranched alkanes of at least 4 members (excludes halogenated alkanes) is 8. The number of benzene rings is 1. The zero-order chi connectivity index (χ0) is 28.0. The molecular weight excluding hydrogens is 486 g/mol. The number of aromatic nitrogens is 2. The van der Waals surface area contributed by atoms with Crippen LogP contribution in [0.4, 0.5) is 0 Å². The van der Waals surface area contributed by atoms with Crippen molar-refractivity contribution in [3.05, 3.63) is 47.8 Å². The molecule has 0 amide bonds. The van der Waals surface area contributed by atoms with Crippen molar-refractivity contribution >= 4 is 0 Å². The maximum atomic E-state index is 9.81. The Bertz CT molecular complexity index is 1000. The molecule has 0 saturated heterocycles. The lowest BCUT2D eigenvalue weighted by molar-refractivity contribution is 0.224. The maximum Gasteiger partial charge on any atom is 0.159 e. The molecule has 40 heavy (non-hydrogen) atoms. The van der Waals surface area contributed by atoms with Crippen LogP contribution in [0.25, 0.3) is 11.4 Å². The predicted octanol–water partition coefficient (Wildman–Crippen LogP) is 11.3. The van der Waals surface area contributed by atoms with Gasteiger partial charge in [-0.2, -0.15) is 5.26 Å². The summed E-state index contributed by atoms with van der Waals surface area (Å²) in [6.07, 6.45) is 30.1. The van der Waals surface area contributed by atoms with Crippen LogP contribution < -0.4 is 0 Å². The van der Waals surface area contributed by atoms with Gasteiger partial charge in [0, 0.05) is 18.0 Å². The van der Waals surface area contributed by atoms with E-state index in [0.717, 1.165) is 49.4 Å². The number of hydrogen-bond donors (Lipinski definition) is 0. The van der Waals surface area contributed by atoms with E-state index in [2.05, 4.69) is 56.6 Å². The molecule has 0 radical (unpaired) electrons. The smallest absolute Gasteiger partial charge is 0.159 e. The van der Waals surface area contributed by atoms with Crippen LogP contribution in [0.3, 0.4) is 0 Å². The topological polar surface area (TPSA) is 49.6 Å². The van der Waals surface area contributed by atoms with Gasteiger partial charge >= 0.3 is 0 Å². The molecular formula is C37H55N3. The highest BCUT2D eigenvalue weighted by Gasteiger charge is 2.35. The lowest BCUT2D eigenvalue weighted by Crippen LogP contribution is -2.25. The van der Waals surface area contributed by atoms with E-state index in [4.69, 9.17) is 9.97 Å². The van der Waals surface area contributed by atoms with E-state index in [1.165, 1.54) is 107 Å². The molecule has 0 atom stereocenters. The standard InChI is InChI=1S/C37H55N3/c1-3-5-7-8-9-10-11-12-13-30-14-16-32(17-15-30)35-27-39-36(40-28-35)34-20-18-31(19-21-34)33-22-25-37(29-38,26-23-33)24-6-4-2/h18-21,27-28,30,32-33H,3-17,22-26H2,1-2H3/t30-,32-,33-,37-. The van der Waals surface area contributed by atoms with Crippen LogP contribution in [0.5, 0.6) is 0 Å². The van der Waals surface area contributed by atoms with Gasteiger partial charge in [0.15, 0.2) is 5.82 Å². The van der Waals surface area contributed by atoms with Gasteiger partial charge in [0.1, 0.15) is 0 Å². The molecule has 2 saturated carbocycles. The lowest BCUT2D eigenvalue weighted by Gasteiger charge is -2.35. The Morgan fingerprint density at radius 1 is 0.700 bits per heavy atom. The Balaban J connectivity index is 1.18. The summed E-state index contributed by atoms with van der Waals surface area (Å²) in [4.78, 5) is 9.59. The molecule has 4 rings (SSSR count). The Morgan fingerprint density at radius 3 is 1.88 bits per heavy atom. The van der Waals surface area contributed by atoms with Crippen LogP contribution >= 0.6 is 0 Å². The lowest BCUT2D eigenvalue weighted by atomic mass is 9.67. The molecule has 1 aromatic carbocycles. The summed E-state index contributed by atoms with van der Waals surface area (Å²) in [5, 5.41) is 9.81. The van der Waals surface area contributed by atoms with Crippen molar-refractivity contribution < 1.29 is 0 Å². The first-order valence-electron chi connectivity index (χ1n) is 17.0. The number of hydrogen-bond acceptors (Lipinski definition) is 3. The summed E-state index contributed by atoms with van der Waals surface area (Å²) in [5.74, 6) is 2.98. The van der Waals surface area contributed by atoms with Gasteiger partial charge < -0.3 is 0 Å². The van der Waals surface area contributed by atoms with Gasteiger partial charge in [-0.25, -0.2) is 9.97 Å². The third-order valence-corrected chi connectivity index (χ3v) is 10.3. The van der Waals surface area contributed by atoms with Crippen molar-refractivity contribution in [3.63, 3.8) is 0 Å². The molecule has 0 N–H and O–H groups in total. The predicted molar refractivity (Wildman–Crippen MR) is 168 cm³/mol. The minimum Gasteiger partial charge on any atom is -0.236 e. The summed E-state index contributed by atoms with van der Waals surface area (Å²) < 4.78 is 0. The zero-order valence-corrected chi connectivity index (χ0v) is 25.7. The maximum absolute atomic E-state index is 9.81. The second-order valence-electron chi connectivity index (χ2n) is 13.2. The Labute approximate surface area is 245 Å². The summed E-state index contributed by atoms with van der Waals surface area (Å²) in [5.41, 5.74) is 3.77. The van der Waals surface area contributed by atoms with Crippen molar-refractivity contribution in [2.24, 2.45) is 11.3 Å². The highest BCUT2D eigenvalue weighted by atomic mass is 14.9. The summed E-state index contributed by atoms with van der Waals surface area (Å²) in [6.45, 7) is 4.52. The number of nitrogens with zero attached hydrogens (tertiary/aromatic N) is 3. The molecule has 0 bridgehead atoms. The molecule has 1 aromatic heterocycles. The SMILES string of the molecule is CCCCCCCCCC[C@H]1CC[C@H](c2cnc(-c3ccc([C@H]4CC[C@@](C#N)(CCCC)CC4)cc3)nc2)CC1. The Kier molecular flexibility index (Phi) is 12.5. The van der Waals surface area contributed by atoms with E-state index in [1.807, 2.05) is 0 Å². The molecule has 0 aliphatic heterocycles. The van der Waals surface area contributed by atoms with E-state index in [0.29, 0.717) is 11.8 Å². The molecule has 3 nitrogen and oxygen atoms in total. The third kappa shape index (κ3) is 8.89. The van der Waals surface area contributed by atoms with Gasteiger partial charge in [-0.1, -0.05) is 109 Å². The highest BCUT2D eigenvalue weighted by Crippen LogP contribution is 2.45. The van der Waals surface area contributed by atoms with Crippen molar-refractivity contribution in [1.29, 1.82) is 5.26 Å². The van der Waals surface area contributed by atoms with E-state index in [9.17, 15) is 5.26 Å². The van der Waals surface area contributed by atoms with Gasteiger partial charge in [-0.15, -0.1) is 0 Å². The minimum absolute atomic E-state index is 0.0749. The summed E-state index contributed by atoms with van der Waals surface area (Å²) in [7, 11) is 0. The summed E-state index contributed by atoms with van der Waals surface area (Å²) in [6, 6.07) is 11.6. The van der Waals surface area contributed by atoms with E-state index in [1.54, 1.807) is 0 Å². The molecule has 0 spiro atoms. The monoisotopic (exact) mass is 541 g/mol. The molecule has 1 heterocycles. The van der Waals surface area contributed by atoms with E-state index in [-0.39, 0.29) is 5.41 Å². The average molecular weight is 542 g/mol. The fourth-order valence-corrected chi connectivity index (χ4v) is 7.39. The van der Waals surface area contributed by atoms with Gasteiger partial charge in [0.25, 0.3) is 0 Å². The molecule has 2 aromatic rings. The molecule has 2 aliphatic carbocycles. The van der Waals surface area contributed by atoms with Gasteiger partial charge in [-0.3, -0.25) is 0 Å². The second kappa shape index (κ2) is 16.3. The minimum atomic E-state index is -0.0749. The Morgan fingerprint density at radius 2 is 1.27 bits per heavy atom. The van der Waals surface area contributed by atoms with E-state index < -0.39 is 0 Å². The van der Waals surface area contributed by atoms with Crippen LogP contribution in [0.15, 0.2) is 36.7 Å². The average Bonchev–Trinajstić information content (AvgIpc) is 3.02. The van der Waals surface area contributed by atoms with Crippen molar-refractivity contribution in [2.45, 2.75) is 154 Å². The number of rotatable bonds is 15. The highest BCUT2D eigenvalue weighted by molar-refractivity contribution is 5.55. The first kappa shape index (κ1) is 30.7. The fraction of sp³-hybridized carbons (Fsp3) is 0.703. The third-order valence-electron chi connectivity index (χ3n) is 10.3.